The molecule has 4 aromatic rings. The van der Waals surface area contributed by atoms with Crippen LogP contribution in [0.3, 0.4) is 0 Å². The predicted molar refractivity (Wildman–Crippen MR) is 136 cm³/mol. The molecule has 6 nitrogen and oxygen atoms in total. The van der Waals surface area contributed by atoms with Crippen molar-refractivity contribution in [1.29, 1.82) is 0 Å². The molecule has 34 heavy (non-hydrogen) atoms. The van der Waals surface area contributed by atoms with Crippen LogP contribution in [0.1, 0.15) is 47.4 Å². The molecule has 0 radical (unpaired) electrons. The Balaban J connectivity index is 1.10. The Kier molecular flexibility index (Phi) is 6.58. The van der Waals surface area contributed by atoms with Crippen LogP contribution in [0, 0.1) is 0 Å². The number of anilines is 1. The molecule has 1 amide bonds. The average molecular weight is 454 g/mol. The minimum Gasteiger partial charge on any atom is -0.371 e. The van der Waals surface area contributed by atoms with E-state index in [4.69, 9.17) is 0 Å². The number of pyridine rings is 1. The third kappa shape index (κ3) is 5.13. The molecule has 0 saturated carbocycles. The lowest BCUT2D eigenvalue weighted by Crippen LogP contribution is -2.42. The second-order valence-corrected chi connectivity index (χ2v) is 8.99. The highest BCUT2D eigenvalue weighted by Gasteiger charge is 2.20. The Bertz CT molecular complexity index is 1190. The highest BCUT2D eigenvalue weighted by Crippen LogP contribution is 2.21. The summed E-state index contributed by atoms with van der Waals surface area (Å²) in [5.41, 5.74) is 5.02. The first-order valence-corrected chi connectivity index (χ1v) is 12.0. The summed E-state index contributed by atoms with van der Waals surface area (Å²) in [4.78, 5) is 19.7. The first-order chi connectivity index (χ1) is 16.7. The van der Waals surface area contributed by atoms with Crippen LogP contribution in [0.5, 0.6) is 0 Å². The summed E-state index contributed by atoms with van der Waals surface area (Å²) in [5.74, 6) is -0.0437. The number of carbonyl (C=O) groups is 1. The van der Waals surface area contributed by atoms with Crippen molar-refractivity contribution in [3.63, 3.8) is 0 Å². The predicted octanol–water partition coefficient (Wildman–Crippen LogP) is 4.58. The molecule has 1 aliphatic rings. The molecule has 1 saturated heterocycles. The van der Waals surface area contributed by atoms with E-state index >= 15 is 0 Å². The van der Waals surface area contributed by atoms with Crippen LogP contribution in [0.15, 0.2) is 85.2 Å². The maximum absolute atomic E-state index is 12.7. The smallest absolute Gasteiger partial charge is 0.251 e. The van der Waals surface area contributed by atoms with Crippen molar-refractivity contribution < 1.29 is 4.79 Å². The fraction of sp³-hybridized carbons (Fsp3) is 0.286. The molecule has 5 rings (SSSR count). The lowest BCUT2D eigenvalue weighted by atomic mass is 10.0. The average Bonchev–Trinajstić information content (AvgIpc) is 3.31. The zero-order valence-corrected chi connectivity index (χ0v) is 19.5. The number of imidazole rings is 1. The van der Waals surface area contributed by atoms with Crippen molar-refractivity contribution in [2.24, 2.45) is 0 Å². The molecule has 2 aromatic carbocycles. The van der Waals surface area contributed by atoms with Crippen molar-refractivity contribution in [2.75, 3.05) is 18.0 Å². The van der Waals surface area contributed by atoms with E-state index in [0.29, 0.717) is 11.6 Å². The number of piperidine rings is 1. The summed E-state index contributed by atoms with van der Waals surface area (Å²) in [6.45, 7) is 4.80. The summed E-state index contributed by atoms with van der Waals surface area (Å²) in [7, 11) is 0. The van der Waals surface area contributed by atoms with E-state index < -0.39 is 0 Å². The molecule has 3 heterocycles. The van der Waals surface area contributed by atoms with Crippen molar-refractivity contribution in [2.45, 2.75) is 38.4 Å². The number of aromatic nitrogens is 2. The highest BCUT2D eigenvalue weighted by atomic mass is 16.1. The van der Waals surface area contributed by atoms with Crippen molar-refractivity contribution in [3.8, 4) is 0 Å². The van der Waals surface area contributed by atoms with Gasteiger partial charge in [0.15, 0.2) is 0 Å². The standard InChI is InChI=1S/C28H31N5O/c1-21(22-7-3-2-4-8-22)30-28(34)23-10-12-26(13-11-23)32-17-14-24(15-18-32)29-19-25-20-33-16-6-5-9-27(33)31-25/h2-13,16,20-21,24,29H,14-15,17-19H2,1H3,(H,30,34)/t21-/m1/s1. The molecule has 2 N–H and O–H groups in total. The molecular weight excluding hydrogens is 422 g/mol. The van der Waals surface area contributed by atoms with E-state index in [9.17, 15) is 4.79 Å². The van der Waals surface area contributed by atoms with Crippen LogP contribution in [0.2, 0.25) is 0 Å². The molecule has 0 bridgehead atoms. The molecule has 174 valence electrons. The van der Waals surface area contributed by atoms with Gasteiger partial charge in [0.2, 0.25) is 0 Å². The first-order valence-electron chi connectivity index (χ1n) is 12.0. The van der Waals surface area contributed by atoms with Crippen molar-refractivity contribution >= 4 is 17.2 Å². The van der Waals surface area contributed by atoms with E-state index in [2.05, 4.69) is 43.2 Å². The summed E-state index contributed by atoms with van der Waals surface area (Å²) < 4.78 is 2.06. The Morgan fingerprint density at radius 3 is 2.47 bits per heavy atom. The van der Waals surface area contributed by atoms with Gasteiger partial charge in [-0.25, -0.2) is 4.98 Å². The van der Waals surface area contributed by atoms with Crippen molar-refractivity contribution in [3.05, 3.63) is 102 Å². The molecule has 6 heteroatoms. The molecule has 1 aliphatic heterocycles. The quantitative estimate of drug-likeness (QED) is 0.430. The van der Waals surface area contributed by atoms with Gasteiger partial charge in [0.25, 0.3) is 5.91 Å². The number of hydrogen-bond acceptors (Lipinski definition) is 4. The van der Waals surface area contributed by atoms with Crippen LogP contribution in [-0.4, -0.2) is 34.4 Å². The lowest BCUT2D eigenvalue weighted by molar-refractivity contribution is 0.0940. The fourth-order valence-electron chi connectivity index (χ4n) is 4.59. The topological polar surface area (TPSA) is 61.7 Å². The Hall–Kier alpha value is -3.64. The zero-order valence-electron chi connectivity index (χ0n) is 19.5. The van der Waals surface area contributed by atoms with Crippen LogP contribution >= 0.6 is 0 Å². The second kappa shape index (κ2) is 10.1. The molecule has 0 aliphatic carbocycles. The maximum Gasteiger partial charge on any atom is 0.251 e. The van der Waals surface area contributed by atoms with Gasteiger partial charge in [-0.1, -0.05) is 36.4 Å². The molecule has 0 spiro atoms. The maximum atomic E-state index is 12.7. The Labute approximate surface area is 200 Å². The van der Waals surface area contributed by atoms with E-state index in [1.807, 2.05) is 73.8 Å². The summed E-state index contributed by atoms with van der Waals surface area (Å²) in [6.07, 6.45) is 6.30. The van der Waals surface area contributed by atoms with Gasteiger partial charge in [0.05, 0.1) is 11.7 Å². The Morgan fingerprint density at radius 1 is 1.00 bits per heavy atom. The number of nitrogens with zero attached hydrogens (tertiary/aromatic N) is 3. The van der Waals surface area contributed by atoms with Gasteiger partial charge in [-0.05, 0) is 61.7 Å². The van der Waals surface area contributed by atoms with E-state index in [-0.39, 0.29) is 11.9 Å². The summed E-state index contributed by atoms with van der Waals surface area (Å²) in [6, 6.07) is 24.5. The Morgan fingerprint density at radius 2 is 1.74 bits per heavy atom. The van der Waals surface area contributed by atoms with Gasteiger partial charge in [-0.3, -0.25) is 4.79 Å². The summed E-state index contributed by atoms with van der Waals surface area (Å²) >= 11 is 0. The number of rotatable bonds is 7. The van der Waals surface area contributed by atoms with Gasteiger partial charge < -0.3 is 19.9 Å². The third-order valence-electron chi connectivity index (χ3n) is 6.62. The summed E-state index contributed by atoms with van der Waals surface area (Å²) in [5, 5.41) is 6.76. The first kappa shape index (κ1) is 22.2. The van der Waals surface area contributed by atoms with Gasteiger partial charge in [-0.2, -0.15) is 0 Å². The third-order valence-corrected chi connectivity index (χ3v) is 6.62. The van der Waals surface area contributed by atoms with Gasteiger partial charge in [-0.15, -0.1) is 0 Å². The molecule has 1 atom stereocenters. The monoisotopic (exact) mass is 453 g/mol. The van der Waals surface area contributed by atoms with Crippen LogP contribution in [0.4, 0.5) is 5.69 Å². The molecule has 2 aromatic heterocycles. The number of carbonyl (C=O) groups excluding carboxylic acids is 1. The number of fused-ring (bicyclic) bond motifs is 1. The largest absolute Gasteiger partial charge is 0.371 e. The minimum absolute atomic E-state index is 0.0274. The zero-order chi connectivity index (χ0) is 23.3. The lowest BCUT2D eigenvalue weighted by Gasteiger charge is -2.34. The molecular formula is C28H31N5O. The van der Waals surface area contributed by atoms with Gasteiger partial charge >= 0.3 is 0 Å². The van der Waals surface area contributed by atoms with Crippen LogP contribution in [-0.2, 0) is 6.54 Å². The highest BCUT2D eigenvalue weighted by molar-refractivity contribution is 5.94. The van der Waals surface area contributed by atoms with E-state index in [1.165, 1.54) is 5.69 Å². The SMILES string of the molecule is C[C@@H](NC(=O)c1ccc(N2CCC(NCc3cn4ccccc4n3)CC2)cc1)c1ccccc1. The van der Waals surface area contributed by atoms with Gasteiger partial charge in [0, 0.05) is 49.3 Å². The number of amides is 1. The van der Waals surface area contributed by atoms with E-state index in [0.717, 1.165) is 49.4 Å². The molecule has 0 unspecified atom stereocenters. The second-order valence-electron chi connectivity index (χ2n) is 8.99. The number of hydrogen-bond donors (Lipinski definition) is 2. The minimum atomic E-state index is -0.0437. The molecule has 1 fully saturated rings. The fourth-order valence-corrected chi connectivity index (χ4v) is 4.59. The van der Waals surface area contributed by atoms with Crippen LogP contribution < -0.4 is 15.5 Å². The van der Waals surface area contributed by atoms with E-state index in [1.54, 1.807) is 0 Å². The normalized spacial score (nSPS) is 15.4. The number of nitrogens with one attached hydrogen (secondary N) is 2. The number of benzene rings is 2. The van der Waals surface area contributed by atoms with Gasteiger partial charge in [0.1, 0.15) is 5.65 Å². The van der Waals surface area contributed by atoms with Crippen molar-refractivity contribution in [1.82, 2.24) is 20.0 Å². The van der Waals surface area contributed by atoms with Crippen LogP contribution in [0.25, 0.3) is 5.65 Å².